The summed E-state index contributed by atoms with van der Waals surface area (Å²) in [5, 5.41) is 4.56. The molecule has 0 aliphatic carbocycles. The van der Waals surface area contributed by atoms with Gasteiger partial charge in [0.1, 0.15) is 17.3 Å². The molecule has 1 heterocycles. The van der Waals surface area contributed by atoms with E-state index in [1.54, 1.807) is 12.1 Å². The summed E-state index contributed by atoms with van der Waals surface area (Å²) in [6.45, 7) is -0.160. The minimum atomic E-state index is -0.374. The highest BCUT2D eigenvalue weighted by molar-refractivity contribution is 6.30. The van der Waals surface area contributed by atoms with Crippen molar-refractivity contribution in [3.05, 3.63) is 102 Å². The Kier molecular flexibility index (Phi) is 6.45. The standard InChI is InChI=1S/C25H19ClN2O3/c26-20-10-6-9-19(15-20)23-14-13-21(31-23)16-27-28-25(29)17-30-24-12-5-4-11-22(24)18-7-2-1-3-8-18/h1-16H,17H2,(H,28,29)/b27-16-. The number of hydrazone groups is 1. The molecule has 0 saturated carbocycles. The largest absolute Gasteiger partial charge is 0.483 e. The number of benzene rings is 3. The molecule has 0 radical (unpaired) electrons. The molecule has 0 bridgehead atoms. The monoisotopic (exact) mass is 430 g/mol. The number of furan rings is 1. The van der Waals surface area contributed by atoms with Crippen molar-refractivity contribution >= 4 is 23.7 Å². The van der Waals surface area contributed by atoms with Gasteiger partial charge in [-0.1, -0.05) is 72.3 Å². The van der Waals surface area contributed by atoms with Crippen LogP contribution >= 0.6 is 11.6 Å². The Morgan fingerprint density at radius 2 is 1.71 bits per heavy atom. The molecule has 4 aromatic rings. The van der Waals surface area contributed by atoms with Gasteiger partial charge in [-0.2, -0.15) is 5.10 Å². The third-order valence-corrected chi connectivity index (χ3v) is 4.68. The first-order valence-electron chi connectivity index (χ1n) is 9.64. The molecule has 1 aromatic heterocycles. The van der Waals surface area contributed by atoms with E-state index in [0.717, 1.165) is 16.7 Å². The molecule has 31 heavy (non-hydrogen) atoms. The quantitative estimate of drug-likeness (QED) is 0.298. The zero-order valence-electron chi connectivity index (χ0n) is 16.5. The van der Waals surface area contributed by atoms with Crippen molar-refractivity contribution in [1.29, 1.82) is 0 Å². The van der Waals surface area contributed by atoms with Gasteiger partial charge in [-0.25, -0.2) is 5.43 Å². The van der Waals surface area contributed by atoms with E-state index >= 15 is 0 Å². The van der Waals surface area contributed by atoms with Gasteiger partial charge in [0.05, 0.1) is 6.21 Å². The SMILES string of the molecule is O=C(COc1ccccc1-c1ccccc1)N/N=C\c1ccc(-c2cccc(Cl)c2)o1. The predicted octanol–water partition coefficient (Wildman–Crippen LogP) is 5.80. The maximum Gasteiger partial charge on any atom is 0.277 e. The van der Waals surface area contributed by atoms with Crippen LogP contribution in [0.4, 0.5) is 0 Å². The normalized spacial score (nSPS) is 10.9. The Labute approximate surface area is 184 Å². The predicted molar refractivity (Wildman–Crippen MR) is 122 cm³/mol. The lowest BCUT2D eigenvalue weighted by atomic mass is 10.1. The maximum absolute atomic E-state index is 12.1. The van der Waals surface area contributed by atoms with Crippen LogP contribution in [-0.4, -0.2) is 18.7 Å². The summed E-state index contributed by atoms with van der Waals surface area (Å²) >= 11 is 6.01. The van der Waals surface area contributed by atoms with Crippen LogP contribution in [0.2, 0.25) is 5.02 Å². The molecule has 1 amide bonds. The zero-order chi connectivity index (χ0) is 21.5. The summed E-state index contributed by atoms with van der Waals surface area (Å²) in [5.41, 5.74) is 5.24. The number of amides is 1. The molecule has 0 fully saturated rings. The van der Waals surface area contributed by atoms with E-state index in [4.69, 9.17) is 20.8 Å². The number of ether oxygens (including phenoxy) is 1. The minimum absolute atomic E-state index is 0.160. The second-order valence-electron chi connectivity index (χ2n) is 6.66. The molecule has 0 aliphatic rings. The summed E-state index contributed by atoms with van der Waals surface area (Å²) in [7, 11) is 0. The summed E-state index contributed by atoms with van der Waals surface area (Å²) in [4.78, 5) is 12.1. The number of hydrogen-bond acceptors (Lipinski definition) is 4. The molecule has 3 aromatic carbocycles. The van der Waals surface area contributed by atoms with Gasteiger partial charge in [0.15, 0.2) is 6.61 Å². The molecule has 0 spiro atoms. The summed E-state index contributed by atoms with van der Waals surface area (Å²) < 4.78 is 11.4. The summed E-state index contributed by atoms with van der Waals surface area (Å²) in [5.74, 6) is 1.42. The van der Waals surface area contributed by atoms with Gasteiger partial charge < -0.3 is 9.15 Å². The number of carbonyl (C=O) groups excluding carboxylic acids is 1. The van der Waals surface area contributed by atoms with Crippen LogP contribution < -0.4 is 10.2 Å². The van der Waals surface area contributed by atoms with Gasteiger partial charge in [0.2, 0.25) is 0 Å². The van der Waals surface area contributed by atoms with E-state index in [-0.39, 0.29) is 12.5 Å². The molecule has 4 rings (SSSR count). The molecular formula is C25H19ClN2O3. The highest BCUT2D eigenvalue weighted by Crippen LogP contribution is 2.29. The van der Waals surface area contributed by atoms with Crippen molar-refractivity contribution < 1.29 is 13.9 Å². The Morgan fingerprint density at radius 1 is 0.935 bits per heavy atom. The molecule has 0 unspecified atom stereocenters. The maximum atomic E-state index is 12.1. The highest BCUT2D eigenvalue weighted by Gasteiger charge is 2.08. The number of nitrogens with one attached hydrogen (secondary N) is 1. The van der Waals surface area contributed by atoms with Crippen LogP contribution in [0.1, 0.15) is 5.76 Å². The average molecular weight is 431 g/mol. The fraction of sp³-hybridized carbons (Fsp3) is 0.0400. The molecule has 6 heteroatoms. The molecular weight excluding hydrogens is 412 g/mol. The Morgan fingerprint density at radius 3 is 2.55 bits per heavy atom. The van der Waals surface area contributed by atoms with Crippen molar-refractivity contribution in [1.82, 2.24) is 5.43 Å². The topological polar surface area (TPSA) is 63.8 Å². The van der Waals surface area contributed by atoms with Crippen LogP contribution in [0.25, 0.3) is 22.5 Å². The molecule has 1 N–H and O–H groups in total. The minimum Gasteiger partial charge on any atom is -0.483 e. The molecule has 0 atom stereocenters. The van der Waals surface area contributed by atoms with E-state index in [1.165, 1.54) is 6.21 Å². The van der Waals surface area contributed by atoms with Gasteiger partial charge >= 0.3 is 0 Å². The van der Waals surface area contributed by atoms with Gasteiger partial charge in [0, 0.05) is 16.1 Å². The van der Waals surface area contributed by atoms with E-state index in [2.05, 4.69) is 10.5 Å². The lowest BCUT2D eigenvalue weighted by molar-refractivity contribution is -0.123. The first-order chi connectivity index (χ1) is 15.2. The number of para-hydroxylation sites is 1. The molecule has 5 nitrogen and oxygen atoms in total. The third kappa shape index (κ3) is 5.41. The Bertz CT molecular complexity index is 1200. The fourth-order valence-corrected chi connectivity index (χ4v) is 3.20. The van der Waals surface area contributed by atoms with Crippen LogP contribution in [0, 0.1) is 0 Å². The third-order valence-electron chi connectivity index (χ3n) is 4.45. The highest BCUT2D eigenvalue weighted by atomic mass is 35.5. The number of halogens is 1. The molecule has 0 aliphatic heterocycles. The molecule has 154 valence electrons. The van der Waals surface area contributed by atoms with Crippen molar-refractivity contribution in [3.8, 4) is 28.2 Å². The lowest BCUT2D eigenvalue weighted by Gasteiger charge is -2.10. The Hall–Kier alpha value is -3.83. The second-order valence-corrected chi connectivity index (χ2v) is 7.09. The van der Waals surface area contributed by atoms with Crippen molar-refractivity contribution in [2.45, 2.75) is 0 Å². The zero-order valence-corrected chi connectivity index (χ0v) is 17.3. The van der Waals surface area contributed by atoms with Crippen LogP contribution in [0.5, 0.6) is 5.75 Å². The van der Waals surface area contributed by atoms with E-state index in [0.29, 0.717) is 22.3 Å². The number of carbonyl (C=O) groups is 1. The smallest absolute Gasteiger partial charge is 0.277 e. The second kappa shape index (κ2) is 9.78. The summed E-state index contributed by atoms with van der Waals surface area (Å²) in [6, 6.07) is 28.4. The number of nitrogens with zero attached hydrogens (tertiary/aromatic N) is 1. The fourth-order valence-electron chi connectivity index (χ4n) is 3.01. The van der Waals surface area contributed by atoms with E-state index in [1.807, 2.05) is 78.9 Å². The van der Waals surface area contributed by atoms with Crippen LogP contribution in [0.3, 0.4) is 0 Å². The molecule has 0 saturated heterocycles. The first-order valence-corrected chi connectivity index (χ1v) is 10.0. The van der Waals surface area contributed by atoms with Crippen molar-refractivity contribution in [2.24, 2.45) is 5.10 Å². The van der Waals surface area contributed by atoms with Crippen LogP contribution in [-0.2, 0) is 4.79 Å². The number of rotatable bonds is 7. The first kappa shape index (κ1) is 20.4. The van der Waals surface area contributed by atoms with Crippen molar-refractivity contribution in [2.75, 3.05) is 6.61 Å². The lowest BCUT2D eigenvalue weighted by Crippen LogP contribution is -2.24. The van der Waals surface area contributed by atoms with Gasteiger partial charge in [-0.3, -0.25) is 4.79 Å². The van der Waals surface area contributed by atoms with Crippen LogP contribution in [0.15, 0.2) is 101 Å². The summed E-state index contributed by atoms with van der Waals surface area (Å²) in [6.07, 6.45) is 1.43. The van der Waals surface area contributed by atoms with Crippen molar-refractivity contribution in [3.63, 3.8) is 0 Å². The van der Waals surface area contributed by atoms with Gasteiger partial charge in [-0.15, -0.1) is 0 Å². The number of hydrogen-bond donors (Lipinski definition) is 1. The Balaban J connectivity index is 1.33. The average Bonchev–Trinajstić information content (AvgIpc) is 3.27. The van der Waals surface area contributed by atoms with E-state index in [9.17, 15) is 4.79 Å². The van der Waals surface area contributed by atoms with Gasteiger partial charge in [-0.05, 0) is 35.9 Å². The van der Waals surface area contributed by atoms with E-state index < -0.39 is 0 Å². The van der Waals surface area contributed by atoms with Gasteiger partial charge in [0.25, 0.3) is 5.91 Å².